The van der Waals surface area contributed by atoms with E-state index in [0.29, 0.717) is 6.29 Å². The Labute approximate surface area is 66.7 Å². The Bertz CT molecular complexity index is 208. The van der Waals surface area contributed by atoms with Crippen LogP contribution in [0.4, 0.5) is 4.39 Å². The highest BCUT2D eigenvalue weighted by atomic mass is 79.9. The van der Waals surface area contributed by atoms with Crippen molar-refractivity contribution in [3.8, 4) is 0 Å². The Morgan fingerprint density at radius 2 is 2.50 bits per heavy atom. The van der Waals surface area contributed by atoms with Gasteiger partial charge in [0.1, 0.15) is 5.83 Å². The average Bonchev–Trinajstić information content (AvgIpc) is 1.88. The molecule has 0 aromatic carbocycles. The average molecular weight is 205 g/mol. The van der Waals surface area contributed by atoms with Crippen LogP contribution in [0.1, 0.15) is 6.42 Å². The molecule has 3 heteroatoms. The monoisotopic (exact) mass is 204 g/mol. The molecule has 0 spiro atoms. The van der Waals surface area contributed by atoms with E-state index >= 15 is 0 Å². The number of hydrogen-bond donors (Lipinski definition) is 0. The lowest BCUT2D eigenvalue weighted by molar-refractivity contribution is -0.104. The minimum absolute atomic E-state index is 0.0381. The number of allylic oxidation sites excluding steroid dienone is 4. The first-order valence-electron chi connectivity index (χ1n) is 2.90. The van der Waals surface area contributed by atoms with Crippen LogP contribution in [0.3, 0.4) is 0 Å². The van der Waals surface area contributed by atoms with Crippen LogP contribution in [0.15, 0.2) is 23.6 Å². The van der Waals surface area contributed by atoms with Crippen molar-refractivity contribution in [2.24, 2.45) is 0 Å². The van der Waals surface area contributed by atoms with Crippen molar-refractivity contribution in [2.75, 3.05) is 0 Å². The van der Waals surface area contributed by atoms with Crippen LogP contribution in [0.2, 0.25) is 0 Å². The van der Waals surface area contributed by atoms with Crippen molar-refractivity contribution in [3.63, 3.8) is 0 Å². The van der Waals surface area contributed by atoms with Gasteiger partial charge in [0.05, 0.1) is 0 Å². The predicted molar refractivity (Wildman–Crippen MR) is 40.7 cm³/mol. The van der Waals surface area contributed by atoms with E-state index in [0.717, 1.165) is 0 Å². The lowest BCUT2D eigenvalue weighted by Gasteiger charge is -2.08. The zero-order valence-electron chi connectivity index (χ0n) is 5.18. The minimum Gasteiger partial charge on any atom is -0.298 e. The Hall–Kier alpha value is -0.440. The second kappa shape index (κ2) is 3.10. The normalized spacial score (nSPS) is 25.2. The van der Waals surface area contributed by atoms with Gasteiger partial charge in [0, 0.05) is 16.8 Å². The number of carbonyl (C=O) groups excluding carboxylic acids is 1. The van der Waals surface area contributed by atoms with Crippen molar-refractivity contribution in [1.82, 2.24) is 0 Å². The highest BCUT2D eigenvalue weighted by Crippen LogP contribution is 2.23. The van der Waals surface area contributed by atoms with Crippen molar-refractivity contribution >= 4 is 22.2 Å². The fraction of sp³-hybridized carbons (Fsp3) is 0.286. The maximum atomic E-state index is 12.7. The summed E-state index contributed by atoms with van der Waals surface area (Å²) in [7, 11) is 0. The van der Waals surface area contributed by atoms with Crippen molar-refractivity contribution < 1.29 is 9.18 Å². The molecular formula is C7H6BrFO. The van der Waals surface area contributed by atoms with Gasteiger partial charge in [-0.3, -0.25) is 4.79 Å². The summed E-state index contributed by atoms with van der Waals surface area (Å²) in [6, 6.07) is 0. The first-order valence-corrected chi connectivity index (χ1v) is 3.81. The maximum Gasteiger partial charge on any atom is 0.152 e. The fourth-order valence-electron chi connectivity index (χ4n) is 0.759. The number of rotatable bonds is 1. The molecule has 0 amide bonds. The van der Waals surface area contributed by atoms with Gasteiger partial charge < -0.3 is 0 Å². The van der Waals surface area contributed by atoms with Crippen molar-refractivity contribution in [1.29, 1.82) is 0 Å². The molecule has 0 N–H and O–H groups in total. The van der Waals surface area contributed by atoms with Crippen LogP contribution in [0.25, 0.3) is 0 Å². The predicted octanol–water partition coefficient (Wildman–Crippen LogP) is 2.13. The van der Waals surface area contributed by atoms with E-state index in [1.54, 1.807) is 6.08 Å². The van der Waals surface area contributed by atoms with E-state index in [-0.39, 0.29) is 22.6 Å². The maximum absolute atomic E-state index is 12.7. The van der Waals surface area contributed by atoms with Crippen molar-refractivity contribution in [3.05, 3.63) is 23.6 Å². The molecule has 0 heterocycles. The van der Waals surface area contributed by atoms with E-state index < -0.39 is 0 Å². The molecule has 1 aliphatic carbocycles. The molecule has 0 aromatic rings. The summed E-state index contributed by atoms with van der Waals surface area (Å²) in [6.45, 7) is 0. The largest absolute Gasteiger partial charge is 0.298 e. The van der Waals surface area contributed by atoms with Gasteiger partial charge in [0.25, 0.3) is 0 Å². The highest BCUT2D eigenvalue weighted by molar-refractivity contribution is 9.09. The van der Waals surface area contributed by atoms with Gasteiger partial charge in [-0.1, -0.05) is 28.1 Å². The highest BCUT2D eigenvalue weighted by Gasteiger charge is 2.12. The third-order valence-electron chi connectivity index (χ3n) is 1.30. The van der Waals surface area contributed by atoms with Crippen LogP contribution in [-0.4, -0.2) is 11.1 Å². The van der Waals surface area contributed by atoms with Gasteiger partial charge in [-0.2, -0.15) is 0 Å². The number of alkyl halides is 1. The zero-order chi connectivity index (χ0) is 7.56. The molecule has 1 unspecified atom stereocenters. The Kier molecular flexibility index (Phi) is 2.38. The van der Waals surface area contributed by atoms with E-state index in [2.05, 4.69) is 15.9 Å². The lowest BCUT2D eigenvalue weighted by atomic mass is 10.1. The van der Waals surface area contributed by atoms with Gasteiger partial charge >= 0.3 is 0 Å². The second-order valence-electron chi connectivity index (χ2n) is 2.06. The third kappa shape index (κ3) is 1.53. The molecule has 1 aliphatic rings. The van der Waals surface area contributed by atoms with E-state index in [4.69, 9.17) is 0 Å². The summed E-state index contributed by atoms with van der Waals surface area (Å²) in [6.07, 6.45) is 4.06. The third-order valence-corrected chi connectivity index (χ3v) is 1.93. The summed E-state index contributed by atoms with van der Waals surface area (Å²) in [5.74, 6) is -0.334. The van der Waals surface area contributed by atoms with Crippen LogP contribution < -0.4 is 0 Å². The van der Waals surface area contributed by atoms with E-state index in [1.165, 1.54) is 6.08 Å². The second-order valence-corrected chi connectivity index (χ2v) is 3.23. The zero-order valence-corrected chi connectivity index (χ0v) is 6.77. The van der Waals surface area contributed by atoms with Gasteiger partial charge in [-0.05, 0) is 0 Å². The van der Waals surface area contributed by atoms with Gasteiger partial charge in [-0.15, -0.1) is 0 Å². The van der Waals surface area contributed by atoms with E-state index in [9.17, 15) is 9.18 Å². The Morgan fingerprint density at radius 3 is 3.00 bits per heavy atom. The molecule has 54 valence electrons. The minimum atomic E-state index is -0.334. The standard InChI is InChI=1S/C7H6BrFO/c8-6-2-1-5(4-10)7(9)3-6/h1-2,4,6H,3H2. The topological polar surface area (TPSA) is 17.1 Å². The summed E-state index contributed by atoms with van der Waals surface area (Å²) in [5.41, 5.74) is 0.163. The summed E-state index contributed by atoms with van der Waals surface area (Å²) in [5, 5.41) is 0. The molecule has 1 nitrogen and oxygen atoms in total. The molecule has 0 fully saturated rings. The Balaban J connectivity index is 2.82. The Morgan fingerprint density at radius 1 is 1.80 bits per heavy atom. The smallest absolute Gasteiger partial charge is 0.152 e. The molecule has 0 saturated carbocycles. The lowest BCUT2D eigenvalue weighted by Crippen LogP contribution is -2.01. The van der Waals surface area contributed by atoms with E-state index in [1.807, 2.05) is 0 Å². The van der Waals surface area contributed by atoms with Gasteiger partial charge in [0.2, 0.25) is 0 Å². The summed E-state index contributed by atoms with van der Waals surface area (Å²) in [4.78, 5) is 10.2. The number of carbonyl (C=O) groups is 1. The number of halogens is 2. The van der Waals surface area contributed by atoms with Crippen LogP contribution in [0, 0.1) is 0 Å². The first kappa shape index (κ1) is 7.66. The number of hydrogen-bond acceptors (Lipinski definition) is 1. The molecule has 1 atom stereocenters. The van der Waals surface area contributed by atoms with Gasteiger partial charge in [0.15, 0.2) is 6.29 Å². The molecule has 0 radical (unpaired) electrons. The molecule has 0 saturated heterocycles. The molecule has 0 bridgehead atoms. The fourth-order valence-corrected chi connectivity index (χ4v) is 1.20. The molecule has 0 aliphatic heterocycles. The van der Waals surface area contributed by atoms with Crippen LogP contribution in [0.5, 0.6) is 0 Å². The summed E-state index contributed by atoms with van der Waals surface area (Å²) >= 11 is 3.21. The van der Waals surface area contributed by atoms with Crippen LogP contribution in [-0.2, 0) is 4.79 Å². The molecule has 10 heavy (non-hydrogen) atoms. The van der Waals surface area contributed by atoms with Crippen LogP contribution >= 0.6 is 15.9 Å². The van der Waals surface area contributed by atoms with Crippen molar-refractivity contribution in [2.45, 2.75) is 11.2 Å². The molecule has 0 aromatic heterocycles. The number of aldehydes is 1. The molecular weight excluding hydrogens is 199 g/mol. The van der Waals surface area contributed by atoms with Gasteiger partial charge in [-0.25, -0.2) is 4.39 Å². The quantitative estimate of drug-likeness (QED) is 0.473. The SMILES string of the molecule is O=CC1=C(F)CC(Br)C=C1. The summed E-state index contributed by atoms with van der Waals surface area (Å²) < 4.78 is 12.7. The molecule has 1 rings (SSSR count). The first-order chi connectivity index (χ1) is 4.74.